The van der Waals surface area contributed by atoms with Gasteiger partial charge in [0.05, 0.1) is 0 Å². The lowest BCUT2D eigenvalue weighted by Crippen LogP contribution is -2.10. The number of rotatable bonds is 4. The van der Waals surface area contributed by atoms with Crippen molar-refractivity contribution in [3.63, 3.8) is 0 Å². The van der Waals surface area contributed by atoms with Crippen LogP contribution in [0.15, 0.2) is 0 Å². The molecule has 0 radical (unpaired) electrons. The number of aromatic nitrogens is 2. The lowest BCUT2D eigenvalue weighted by Gasteiger charge is -2.13. The highest BCUT2D eigenvalue weighted by molar-refractivity contribution is 5.58. The number of hydrogen-bond donors (Lipinski definition) is 2. The van der Waals surface area contributed by atoms with E-state index in [4.69, 9.17) is 0 Å². The third-order valence-electron chi connectivity index (χ3n) is 3.26. The van der Waals surface area contributed by atoms with Crippen LogP contribution in [0, 0.1) is 6.92 Å². The van der Waals surface area contributed by atoms with E-state index in [1.807, 2.05) is 7.05 Å². The van der Waals surface area contributed by atoms with Crippen LogP contribution in [0.25, 0.3) is 0 Å². The van der Waals surface area contributed by atoms with Crippen molar-refractivity contribution in [3.8, 4) is 0 Å². The van der Waals surface area contributed by atoms with Crippen LogP contribution in [-0.2, 0) is 0 Å². The van der Waals surface area contributed by atoms with Crippen molar-refractivity contribution in [3.05, 3.63) is 11.4 Å². The molecule has 1 aromatic heterocycles. The molecule has 2 aliphatic carbocycles. The molecule has 0 atom stereocenters. The van der Waals surface area contributed by atoms with Crippen molar-refractivity contribution in [2.75, 3.05) is 17.7 Å². The van der Waals surface area contributed by atoms with Crippen molar-refractivity contribution >= 4 is 11.6 Å². The predicted octanol–water partition coefficient (Wildman–Crippen LogP) is 2.28. The van der Waals surface area contributed by atoms with E-state index in [2.05, 4.69) is 27.5 Å². The predicted molar refractivity (Wildman–Crippen MR) is 64.9 cm³/mol. The Hall–Kier alpha value is -1.32. The molecular formula is C12H18N4. The summed E-state index contributed by atoms with van der Waals surface area (Å²) < 4.78 is 0. The van der Waals surface area contributed by atoms with Crippen molar-refractivity contribution in [1.82, 2.24) is 9.97 Å². The molecule has 2 saturated carbocycles. The lowest BCUT2D eigenvalue weighted by molar-refractivity contribution is 0.913. The van der Waals surface area contributed by atoms with Gasteiger partial charge in [-0.2, -0.15) is 0 Å². The molecule has 16 heavy (non-hydrogen) atoms. The van der Waals surface area contributed by atoms with Crippen LogP contribution >= 0.6 is 0 Å². The highest BCUT2D eigenvalue weighted by Crippen LogP contribution is 2.40. The van der Waals surface area contributed by atoms with Crippen LogP contribution in [0.3, 0.4) is 0 Å². The second-order valence-corrected chi connectivity index (χ2v) is 4.85. The largest absolute Gasteiger partial charge is 0.373 e. The van der Waals surface area contributed by atoms with Gasteiger partial charge in [-0.3, -0.25) is 0 Å². The molecule has 86 valence electrons. The Morgan fingerprint density at radius 1 is 1.06 bits per heavy atom. The fourth-order valence-electron chi connectivity index (χ4n) is 1.86. The molecule has 3 rings (SSSR count). The minimum Gasteiger partial charge on any atom is -0.373 e. The van der Waals surface area contributed by atoms with Crippen LogP contribution < -0.4 is 10.6 Å². The van der Waals surface area contributed by atoms with E-state index >= 15 is 0 Å². The normalized spacial score (nSPS) is 19.6. The van der Waals surface area contributed by atoms with Crippen LogP contribution in [0.5, 0.6) is 0 Å². The molecule has 2 N–H and O–H groups in total. The van der Waals surface area contributed by atoms with Crippen LogP contribution in [-0.4, -0.2) is 23.1 Å². The molecule has 1 heterocycles. The molecule has 0 amide bonds. The van der Waals surface area contributed by atoms with Gasteiger partial charge in [0.2, 0.25) is 0 Å². The van der Waals surface area contributed by atoms with E-state index < -0.39 is 0 Å². The molecule has 0 aliphatic heterocycles. The summed E-state index contributed by atoms with van der Waals surface area (Å²) in [5.41, 5.74) is 1.14. The quantitative estimate of drug-likeness (QED) is 0.814. The van der Waals surface area contributed by atoms with E-state index in [1.165, 1.54) is 25.7 Å². The molecule has 1 aromatic rings. The average Bonchev–Trinajstić information content (AvgIpc) is 3.14. The maximum absolute atomic E-state index is 4.66. The Kier molecular flexibility index (Phi) is 2.23. The minimum absolute atomic E-state index is 0.604. The Balaban J connectivity index is 1.95. The first kappa shape index (κ1) is 9.87. The Morgan fingerprint density at radius 3 is 2.31 bits per heavy atom. The summed E-state index contributed by atoms with van der Waals surface area (Å²) in [6, 6.07) is 0.644. The van der Waals surface area contributed by atoms with Gasteiger partial charge in [0.25, 0.3) is 0 Å². The van der Waals surface area contributed by atoms with Gasteiger partial charge in [-0.1, -0.05) is 0 Å². The summed E-state index contributed by atoms with van der Waals surface area (Å²) in [6.07, 6.45) is 5.04. The summed E-state index contributed by atoms with van der Waals surface area (Å²) >= 11 is 0. The second-order valence-electron chi connectivity index (χ2n) is 4.85. The van der Waals surface area contributed by atoms with Crippen molar-refractivity contribution in [1.29, 1.82) is 0 Å². The Morgan fingerprint density at radius 2 is 1.75 bits per heavy atom. The fraction of sp³-hybridized carbons (Fsp3) is 0.667. The van der Waals surface area contributed by atoms with E-state index in [1.54, 1.807) is 0 Å². The number of nitrogens with one attached hydrogen (secondary N) is 2. The standard InChI is InChI=1S/C12H18N4/c1-7-10(13-2)15-12(8-3-4-8)16-11(7)14-9-5-6-9/h8-9H,3-6H2,1-2H3,(H2,13,14,15,16). The topological polar surface area (TPSA) is 49.8 Å². The molecule has 2 fully saturated rings. The van der Waals surface area contributed by atoms with Crippen LogP contribution in [0.4, 0.5) is 11.6 Å². The Labute approximate surface area is 95.9 Å². The zero-order valence-corrected chi connectivity index (χ0v) is 9.88. The maximum Gasteiger partial charge on any atom is 0.136 e. The first-order valence-electron chi connectivity index (χ1n) is 6.10. The van der Waals surface area contributed by atoms with E-state index in [-0.39, 0.29) is 0 Å². The monoisotopic (exact) mass is 218 g/mol. The highest BCUT2D eigenvalue weighted by Gasteiger charge is 2.29. The highest BCUT2D eigenvalue weighted by atomic mass is 15.1. The first-order valence-corrected chi connectivity index (χ1v) is 6.10. The maximum atomic E-state index is 4.66. The number of anilines is 2. The molecule has 0 saturated heterocycles. The summed E-state index contributed by atoms with van der Waals surface area (Å²) in [7, 11) is 1.92. The van der Waals surface area contributed by atoms with Gasteiger partial charge in [-0.15, -0.1) is 0 Å². The zero-order valence-electron chi connectivity index (χ0n) is 9.88. The molecule has 2 aliphatic rings. The molecule has 0 spiro atoms. The molecule has 4 heteroatoms. The van der Waals surface area contributed by atoms with Gasteiger partial charge in [-0.05, 0) is 32.6 Å². The van der Waals surface area contributed by atoms with Gasteiger partial charge in [0.15, 0.2) is 0 Å². The molecule has 0 aromatic carbocycles. The summed E-state index contributed by atoms with van der Waals surface area (Å²) in [5.74, 6) is 3.62. The van der Waals surface area contributed by atoms with E-state index in [0.29, 0.717) is 12.0 Å². The smallest absolute Gasteiger partial charge is 0.136 e. The average molecular weight is 218 g/mol. The SMILES string of the molecule is CNc1nc(C2CC2)nc(NC2CC2)c1C. The van der Waals surface area contributed by atoms with Gasteiger partial charge in [0.1, 0.15) is 17.5 Å². The van der Waals surface area contributed by atoms with E-state index in [0.717, 1.165) is 23.0 Å². The zero-order chi connectivity index (χ0) is 11.1. The van der Waals surface area contributed by atoms with Gasteiger partial charge in [0, 0.05) is 24.6 Å². The van der Waals surface area contributed by atoms with Gasteiger partial charge < -0.3 is 10.6 Å². The third kappa shape index (κ3) is 1.84. The van der Waals surface area contributed by atoms with Gasteiger partial charge in [-0.25, -0.2) is 9.97 Å². The van der Waals surface area contributed by atoms with Crippen LogP contribution in [0.2, 0.25) is 0 Å². The number of nitrogens with zero attached hydrogens (tertiary/aromatic N) is 2. The van der Waals surface area contributed by atoms with Gasteiger partial charge >= 0.3 is 0 Å². The second kappa shape index (κ2) is 3.61. The van der Waals surface area contributed by atoms with E-state index in [9.17, 15) is 0 Å². The summed E-state index contributed by atoms with van der Waals surface area (Å²) in [5, 5.41) is 6.65. The molecule has 0 unspecified atom stereocenters. The van der Waals surface area contributed by atoms with Crippen molar-refractivity contribution in [2.45, 2.75) is 44.6 Å². The molecular weight excluding hydrogens is 200 g/mol. The summed E-state index contributed by atoms with van der Waals surface area (Å²) in [6.45, 7) is 2.08. The Bertz CT molecular complexity index is 408. The van der Waals surface area contributed by atoms with Crippen LogP contribution in [0.1, 0.15) is 43.0 Å². The minimum atomic E-state index is 0.604. The van der Waals surface area contributed by atoms with Crippen molar-refractivity contribution in [2.24, 2.45) is 0 Å². The lowest BCUT2D eigenvalue weighted by atomic mass is 10.2. The first-order chi connectivity index (χ1) is 7.78. The molecule has 0 bridgehead atoms. The number of hydrogen-bond acceptors (Lipinski definition) is 4. The fourth-order valence-corrected chi connectivity index (χ4v) is 1.86. The molecule has 4 nitrogen and oxygen atoms in total. The van der Waals surface area contributed by atoms with Crippen molar-refractivity contribution < 1.29 is 0 Å². The third-order valence-corrected chi connectivity index (χ3v) is 3.26. The summed E-state index contributed by atoms with van der Waals surface area (Å²) in [4.78, 5) is 9.24.